The second-order valence-corrected chi connectivity index (χ2v) is 2.85. The third kappa shape index (κ3) is 93.5. The van der Waals surface area contributed by atoms with Crippen LogP contribution in [0.15, 0.2) is 0 Å². The molecular weight excluding hydrogens is 295 g/mol. The van der Waals surface area contributed by atoms with Crippen molar-refractivity contribution in [3.8, 4) is 0 Å². The fraction of sp³-hybridized carbons (Fsp3) is 0. The molecule has 83 valence electrons. The van der Waals surface area contributed by atoms with Gasteiger partial charge in [-0.25, -0.2) is 5.26 Å². The van der Waals surface area contributed by atoms with E-state index < -0.39 is 20.8 Å². The van der Waals surface area contributed by atoms with Crippen molar-refractivity contribution in [3.05, 3.63) is 0 Å². The first kappa shape index (κ1) is 23.8. The van der Waals surface area contributed by atoms with E-state index in [9.17, 15) is 0 Å². The van der Waals surface area contributed by atoms with Crippen LogP contribution in [-0.2, 0) is 42.2 Å². The largest absolute Gasteiger partial charge is 1.00 e. The predicted octanol–water partition coefficient (Wildman–Crippen LogP) is -4.26. The molecule has 0 rings (SSSR count). The summed E-state index contributed by atoms with van der Waals surface area (Å²) in [5.41, 5.74) is 0. The van der Waals surface area contributed by atoms with Crippen LogP contribution in [0.1, 0.15) is 1.43 Å². The molecular formula is H5CuNaO9S2. The van der Waals surface area contributed by atoms with Gasteiger partial charge in [-0.2, -0.15) is 16.8 Å². The van der Waals surface area contributed by atoms with Gasteiger partial charge in [-0.05, 0) is 0 Å². The zero-order valence-electron chi connectivity index (χ0n) is 6.95. The van der Waals surface area contributed by atoms with Gasteiger partial charge in [-0.3, -0.25) is 13.7 Å². The molecule has 13 heavy (non-hydrogen) atoms. The summed E-state index contributed by atoms with van der Waals surface area (Å²) in [6.45, 7) is 0. The van der Waals surface area contributed by atoms with Crippen molar-refractivity contribution in [1.82, 2.24) is 0 Å². The van der Waals surface area contributed by atoms with Crippen LogP contribution in [0.2, 0.25) is 0 Å². The van der Waals surface area contributed by atoms with Crippen molar-refractivity contribution in [2.75, 3.05) is 0 Å². The smallest absolute Gasteiger partial charge is 1.00 e. The van der Waals surface area contributed by atoms with Crippen LogP contribution < -0.4 is 29.6 Å². The molecule has 0 aromatic carbocycles. The van der Waals surface area contributed by atoms with E-state index in [4.69, 9.17) is 35.8 Å². The number of hydrogen-bond donors (Lipinski definition) is 4. The Kier molecular flexibility index (Phi) is 17.9. The third-order valence-electron chi connectivity index (χ3n) is 0.0942. The Labute approximate surface area is 108 Å². The molecule has 0 unspecified atom stereocenters. The Morgan fingerprint density at radius 1 is 1.00 bits per heavy atom. The van der Waals surface area contributed by atoms with E-state index >= 15 is 0 Å². The molecule has 4 N–H and O–H groups in total. The molecule has 0 spiro atoms. The van der Waals surface area contributed by atoms with E-state index in [1.165, 1.54) is 0 Å². The molecule has 13 heteroatoms. The van der Waals surface area contributed by atoms with Gasteiger partial charge in [0.15, 0.2) is 0 Å². The van der Waals surface area contributed by atoms with E-state index in [2.05, 4.69) is 4.33 Å². The summed E-state index contributed by atoms with van der Waals surface area (Å²) in [5, 5.41) is 7.06. The molecule has 0 aliphatic heterocycles. The first-order chi connectivity index (χ1) is 4.56. The van der Waals surface area contributed by atoms with Gasteiger partial charge in [0.1, 0.15) is 0 Å². The summed E-state index contributed by atoms with van der Waals surface area (Å²) in [6, 6.07) is 0. The number of rotatable bonds is 1. The first-order valence-electron chi connectivity index (χ1n) is 1.56. The average Bonchev–Trinajstić information content (AvgIpc) is 1.59. The summed E-state index contributed by atoms with van der Waals surface area (Å²) in [6.07, 6.45) is 0. The number of hydrogen-bond acceptors (Lipinski definition) is 6. The van der Waals surface area contributed by atoms with Crippen molar-refractivity contribution in [1.29, 1.82) is 0 Å². The molecule has 0 heterocycles. The summed E-state index contributed by atoms with van der Waals surface area (Å²) in [5.74, 6) is 0. The van der Waals surface area contributed by atoms with Crippen LogP contribution in [0.5, 0.6) is 0 Å². The normalized spacial score (nSPS) is 9.85. The van der Waals surface area contributed by atoms with Crippen molar-refractivity contribution in [2.24, 2.45) is 0 Å². The summed E-state index contributed by atoms with van der Waals surface area (Å²) in [4.78, 5) is 0. The van der Waals surface area contributed by atoms with Gasteiger partial charge in [0.2, 0.25) is 0 Å². The Hall–Kier alpha value is 1.22. The Morgan fingerprint density at radius 3 is 1.08 bits per heavy atom. The Balaban J connectivity index is -0.0000000321. The zero-order valence-corrected chi connectivity index (χ0v) is 10.5. The van der Waals surface area contributed by atoms with Gasteiger partial charge in [0, 0.05) is 17.1 Å². The average molecular weight is 300 g/mol. The Morgan fingerprint density at radius 2 is 1.08 bits per heavy atom. The minimum atomic E-state index is -4.67. The summed E-state index contributed by atoms with van der Waals surface area (Å²) < 4.78 is 59.5. The standard InChI is InChI=1S/Cu.Na.H2O5S.H2O4S.H/c;;1-5-6(2,3)4;1-5(2,3)4;/h;;1H,(H,2,3,4);(H2,1,2,3,4);/q;+1;;;-1. The molecule has 0 saturated heterocycles. The maximum Gasteiger partial charge on any atom is 1.00 e. The summed E-state index contributed by atoms with van der Waals surface area (Å²) in [7, 11) is -9.27. The molecule has 0 aromatic rings. The molecule has 0 fully saturated rings. The van der Waals surface area contributed by atoms with Gasteiger partial charge in [0.05, 0.1) is 0 Å². The zero-order chi connectivity index (χ0) is 9.71. The van der Waals surface area contributed by atoms with Gasteiger partial charge < -0.3 is 1.43 Å². The van der Waals surface area contributed by atoms with E-state index in [0.717, 1.165) is 0 Å². The topological polar surface area (TPSA) is 158 Å². The van der Waals surface area contributed by atoms with Crippen molar-refractivity contribution in [2.45, 2.75) is 0 Å². The molecule has 1 radical (unpaired) electrons. The van der Waals surface area contributed by atoms with E-state index in [-0.39, 0.29) is 48.1 Å². The molecule has 0 amide bonds. The van der Waals surface area contributed by atoms with Gasteiger partial charge in [-0.15, -0.1) is 0 Å². The van der Waals surface area contributed by atoms with E-state index in [1.54, 1.807) is 0 Å². The van der Waals surface area contributed by atoms with Gasteiger partial charge in [-0.1, -0.05) is 4.33 Å². The SMILES string of the molecule is O=S(=O)(O)O.O=S(=O)(O)OO.[Cu].[H-].[Na+]. The van der Waals surface area contributed by atoms with Crippen molar-refractivity contribution >= 4 is 20.8 Å². The molecule has 0 bridgehead atoms. The Bertz CT molecular complexity index is 270. The minimum Gasteiger partial charge on any atom is -1.00 e. The predicted molar refractivity (Wildman–Crippen MR) is 30.6 cm³/mol. The molecule has 0 saturated carbocycles. The van der Waals surface area contributed by atoms with Crippen molar-refractivity contribution < 1.29 is 88.1 Å². The molecule has 0 aliphatic carbocycles. The van der Waals surface area contributed by atoms with E-state index in [1.807, 2.05) is 0 Å². The molecule has 0 atom stereocenters. The molecule has 9 nitrogen and oxygen atoms in total. The second-order valence-electron chi connectivity index (χ2n) is 0.950. The maximum absolute atomic E-state index is 9.08. The van der Waals surface area contributed by atoms with Crippen LogP contribution in [0.3, 0.4) is 0 Å². The minimum absolute atomic E-state index is 0. The van der Waals surface area contributed by atoms with Crippen LogP contribution >= 0.6 is 0 Å². The van der Waals surface area contributed by atoms with Crippen LogP contribution in [0.25, 0.3) is 0 Å². The molecule has 0 aliphatic rings. The van der Waals surface area contributed by atoms with Gasteiger partial charge in [0.25, 0.3) is 0 Å². The maximum atomic E-state index is 9.08. The van der Waals surface area contributed by atoms with E-state index in [0.29, 0.717) is 0 Å². The third-order valence-corrected chi connectivity index (χ3v) is 0.283. The molecule has 0 aromatic heterocycles. The van der Waals surface area contributed by atoms with Crippen LogP contribution in [0, 0.1) is 0 Å². The summed E-state index contributed by atoms with van der Waals surface area (Å²) >= 11 is 0. The first-order valence-corrected chi connectivity index (χ1v) is 4.33. The monoisotopic (exact) mass is 299 g/mol. The second kappa shape index (κ2) is 9.76. The van der Waals surface area contributed by atoms with Gasteiger partial charge >= 0.3 is 50.4 Å². The van der Waals surface area contributed by atoms with Crippen molar-refractivity contribution in [3.63, 3.8) is 0 Å². The van der Waals surface area contributed by atoms with Crippen LogP contribution in [0.4, 0.5) is 0 Å². The fourth-order valence-corrected chi connectivity index (χ4v) is 0. The van der Waals surface area contributed by atoms with Crippen LogP contribution in [-0.4, -0.2) is 35.8 Å². The fourth-order valence-electron chi connectivity index (χ4n) is 0. The quantitative estimate of drug-likeness (QED) is 0.163.